The Hall–Kier alpha value is -0.790. The molecule has 2 unspecified atom stereocenters. The summed E-state index contributed by atoms with van der Waals surface area (Å²) in [6.07, 6.45) is 7.31. The summed E-state index contributed by atoms with van der Waals surface area (Å²) in [7, 11) is 0. The van der Waals surface area contributed by atoms with E-state index in [9.17, 15) is 4.79 Å². The molecule has 0 bridgehead atoms. The first-order valence-electron chi connectivity index (χ1n) is 6.13. The van der Waals surface area contributed by atoms with Crippen LogP contribution in [0.4, 0.5) is 0 Å². The van der Waals surface area contributed by atoms with Gasteiger partial charge in [0, 0.05) is 24.2 Å². The zero-order chi connectivity index (χ0) is 10.8. The Labute approximate surface area is 92.1 Å². The molecular weight excluding hydrogens is 186 g/mol. The summed E-state index contributed by atoms with van der Waals surface area (Å²) >= 11 is 0. The van der Waals surface area contributed by atoms with E-state index in [2.05, 4.69) is 19.2 Å². The average Bonchev–Trinajstić information content (AvgIpc) is 2.49. The monoisotopic (exact) mass is 207 g/mol. The molecule has 2 aliphatic carbocycles. The average molecular weight is 207 g/mol. The normalized spacial score (nSPS) is 36.5. The van der Waals surface area contributed by atoms with E-state index in [-0.39, 0.29) is 5.78 Å². The van der Waals surface area contributed by atoms with Crippen molar-refractivity contribution in [2.24, 2.45) is 11.8 Å². The number of nitrogens with one attached hydrogen (secondary N) is 1. The maximum Gasteiger partial charge on any atom is 0.157 e. The lowest BCUT2D eigenvalue weighted by molar-refractivity contribution is -0.114. The minimum Gasteiger partial charge on any atom is -0.385 e. The van der Waals surface area contributed by atoms with Gasteiger partial charge in [-0.05, 0) is 37.5 Å². The second-order valence-electron chi connectivity index (χ2n) is 5.39. The number of rotatable bonds is 2. The first kappa shape index (κ1) is 10.7. The van der Waals surface area contributed by atoms with Crippen molar-refractivity contribution in [3.63, 3.8) is 0 Å². The van der Waals surface area contributed by atoms with Gasteiger partial charge in [0.1, 0.15) is 0 Å². The third-order valence-corrected chi connectivity index (χ3v) is 3.54. The van der Waals surface area contributed by atoms with Gasteiger partial charge in [-0.1, -0.05) is 13.8 Å². The van der Waals surface area contributed by atoms with Crippen molar-refractivity contribution in [2.45, 2.75) is 52.0 Å². The van der Waals surface area contributed by atoms with Gasteiger partial charge in [-0.3, -0.25) is 4.79 Å². The molecule has 0 amide bonds. The van der Waals surface area contributed by atoms with Gasteiger partial charge in [-0.25, -0.2) is 0 Å². The van der Waals surface area contributed by atoms with Gasteiger partial charge in [0.15, 0.2) is 5.78 Å². The van der Waals surface area contributed by atoms with Crippen LogP contribution < -0.4 is 5.32 Å². The highest BCUT2D eigenvalue weighted by Crippen LogP contribution is 2.29. The molecule has 2 nitrogen and oxygen atoms in total. The third kappa shape index (κ3) is 2.83. The number of hydrogen-bond donors (Lipinski definition) is 1. The van der Waals surface area contributed by atoms with E-state index in [1.807, 2.05) is 0 Å². The van der Waals surface area contributed by atoms with E-state index >= 15 is 0 Å². The lowest BCUT2D eigenvalue weighted by Crippen LogP contribution is -2.35. The molecule has 2 aliphatic rings. The highest BCUT2D eigenvalue weighted by molar-refractivity contribution is 5.92. The SMILES string of the molecule is CC1CC(C)CC(NC2=CC(=O)CC2)C1. The van der Waals surface area contributed by atoms with Crippen molar-refractivity contribution in [3.8, 4) is 0 Å². The van der Waals surface area contributed by atoms with Crippen molar-refractivity contribution in [2.75, 3.05) is 0 Å². The summed E-state index contributed by atoms with van der Waals surface area (Å²) in [5.41, 5.74) is 1.17. The van der Waals surface area contributed by atoms with E-state index in [0.717, 1.165) is 18.3 Å². The molecule has 0 saturated heterocycles. The molecule has 0 radical (unpaired) electrons. The Bertz CT molecular complexity index is 272. The van der Waals surface area contributed by atoms with Gasteiger partial charge in [-0.2, -0.15) is 0 Å². The highest BCUT2D eigenvalue weighted by Gasteiger charge is 2.25. The molecule has 1 saturated carbocycles. The Morgan fingerprint density at radius 1 is 1.13 bits per heavy atom. The van der Waals surface area contributed by atoms with Gasteiger partial charge < -0.3 is 5.32 Å². The minimum absolute atomic E-state index is 0.286. The van der Waals surface area contributed by atoms with Crippen molar-refractivity contribution < 1.29 is 4.79 Å². The summed E-state index contributed by atoms with van der Waals surface area (Å²) in [4.78, 5) is 11.1. The predicted octanol–water partition coefficient (Wildman–Crippen LogP) is 2.65. The smallest absolute Gasteiger partial charge is 0.157 e. The van der Waals surface area contributed by atoms with Crippen LogP contribution >= 0.6 is 0 Å². The second-order valence-corrected chi connectivity index (χ2v) is 5.39. The summed E-state index contributed by atoms with van der Waals surface area (Å²) in [5.74, 6) is 1.93. The summed E-state index contributed by atoms with van der Waals surface area (Å²) in [6, 6.07) is 0.598. The molecule has 0 spiro atoms. The zero-order valence-electron chi connectivity index (χ0n) is 9.75. The summed E-state index contributed by atoms with van der Waals surface area (Å²) in [6.45, 7) is 4.66. The van der Waals surface area contributed by atoms with E-state index in [1.54, 1.807) is 6.08 Å². The van der Waals surface area contributed by atoms with Gasteiger partial charge in [0.05, 0.1) is 0 Å². The van der Waals surface area contributed by atoms with Crippen LogP contribution in [0.15, 0.2) is 11.8 Å². The van der Waals surface area contributed by atoms with Gasteiger partial charge in [-0.15, -0.1) is 0 Å². The Balaban J connectivity index is 1.89. The largest absolute Gasteiger partial charge is 0.385 e. The standard InChI is InChI=1S/C13H21NO/c1-9-5-10(2)7-12(6-9)14-11-3-4-13(15)8-11/h8-10,12,14H,3-7H2,1-2H3. The first-order valence-corrected chi connectivity index (χ1v) is 6.13. The number of ketones is 1. The Morgan fingerprint density at radius 3 is 2.33 bits per heavy atom. The number of carbonyl (C=O) groups excluding carboxylic acids is 1. The van der Waals surface area contributed by atoms with Crippen LogP contribution in [-0.2, 0) is 4.79 Å². The molecule has 0 heterocycles. The predicted molar refractivity (Wildman–Crippen MR) is 61.4 cm³/mol. The molecule has 15 heavy (non-hydrogen) atoms. The third-order valence-electron chi connectivity index (χ3n) is 3.54. The van der Waals surface area contributed by atoms with Crippen molar-refractivity contribution in [3.05, 3.63) is 11.8 Å². The van der Waals surface area contributed by atoms with Crippen LogP contribution in [0.3, 0.4) is 0 Å². The Kier molecular flexibility index (Phi) is 3.13. The fraction of sp³-hybridized carbons (Fsp3) is 0.769. The van der Waals surface area contributed by atoms with E-state index in [4.69, 9.17) is 0 Å². The lowest BCUT2D eigenvalue weighted by Gasteiger charge is -2.32. The molecule has 0 aromatic heterocycles. The fourth-order valence-electron chi connectivity index (χ4n) is 3.04. The number of hydrogen-bond acceptors (Lipinski definition) is 2. The molecule has 0 aromatic rings. The minimum atomic E-state index is 0.286. The van der Waals surface area contributed by atoms with Crippen LogP contribution in [0, 0.1) is 11.8 Å². The van der Waals surface area contributed by atoms with Crippen LogP contribution in [-0.4, -0.2) is 11.8 Å². The number of carbonyl (C=O) groups is 1. The van der Waals surface area contributed by atoms with Crippen LogP contribution in [0.1, 0.15) is 46.0 Å². The molecule has 84 valence electrons. The van der Waals surface area contributed by atoms with E-state index in [0.29, 0.717) is 12.5 Å². The number of allylic oxidation sites excluding steroid dienone is 2. The maximum atomic E-state index is 11.1. The fourth-order valence-corrected chi connectivity index (χ4v) is 3.04. The van der Waals surface area contributed by atoms with Crippen molar-refractivity contribution >= 4 is 5.78 Å². The Morgan fingerprint density at radius 2 is 1.80 bits per heavy atom. The molecule has 1 fully saturated rings. The molecular formula is C13H21NO. The molecule has 2 rings (SSSR count). The first-order chi connectivity index (χ1) is 7.13. The summed E-state index contributed by atoms with van der Waals surface area (Å²) < 4.78 is 0. The zero-order valence-corrected chi connectivity index (χ0v) is 9.75. The maximum absolute atomic E-state index is 11.1. The van der Waals surface area contributed by atoms with Gasteiger partial charge >= 0.3 is 0 Å². The summed E-state index contributed by atoms with van der Waals surface area (Å²) in [5, 5.41) is 3.55. The quantitative estimate of drug-likeness (QED) is 0.754. The molecule has 2 heteroatoms. The van der Waals surface area contributed by atoms with Gasteiger partial charge in [0.25, 0.3) is 0 Å². The van der Waals surface area contributed by atoms with Crippen LogP contribution in [0.25, 0.3) is 0 Å². The van der Waals surface area contributed by atoms with Crippen molar-refractivity contribution in [1.29, 1.82) is 0 Å². The molecule has 2 atom stereocenters. The van der Waals surface area contributed by atoms with Crippen LogP contribution in [0.2, 0.25) is 0 Å². The topological polar surface area (TPSA) is 29.1 Å². The highest BCUT2D eigenvalue weighted by atomic mass is 16.1. The van der Waals surface area contributed by atoms with E-state index in [1.165, 1.54) is 25.0 Å². The molecule has 0 aliphatic heterocycles. The van der Waals surface area contributed by atoms with Crippen molar-refractivity contribution in [1.82, 2.24) is 5.32 Å². The second kappa shape index (κ2) is 4.38. The molecule has 0 aromatic carbocycles. The molecule has 1 N–H and O–H groups in total. The van der Waals surface area contributed by atoms with E-state index < -0.39 is 0 Å². The van der Waals surface area contributed by atoms with Crippen LogP contribution in [0.5, 0.6) is 0 Å². The lowest BCUT2D eigenvalue weighted by atomic mass is 9.80. The van der Waals surface area contributed by atoms with Gasteiger partial charge in [0.2, 0.25) is 0 Å².